The second-order valence-corrected chi connectivity index (χ2v) is 3.52. The summed E-state index contributed by atoms with van der Waals surface area (Å²) in [5, 5.41) is 2.32. The maximum Gasteiger partial charge on any atom is 0.0456 e. The molecule has 0 bridgehead atoms. The average Bonchev–Trinajstić information content (AvgIpc) is 2.55. The lowest BCUT2D eigenvalue weighted by Gasteiger charge is -2.03. The van der Waals surface area contributed by atoms with Crippen LogP contribution in [-0.2, 0) is 0 Å². The van der Waals surface area contributed by atoms with Crippen molar-refractivity contribution in [2.45, 2.75) is 13.8 Å². The topological polar surface area (TPSA) is 15.8 Å². The maximum absolute atomic E-state index is 3.85. The molecular formula is C13H17N. The molecule has 0 spiro atoms. The van der Waals surface area contributed by atoms with Gasteiger partial charge in [-0.2, -0.15) is 0 Å². The van der Waals surface area contributed by atoms with Crippen molar-refractivity contribution in [3.8, 4) is 0 Å². The predicted octanol–water partition coefficient (Wildman–Crippen LogP) is 1.97. The monoisotopic (exact) mass is 187 g/mol. The second kappa shape index (κ2) is 4.66. The van der Waals surface area contributed by atoms with Crippen molar-refractivity contribution in [1.82, 2.24) is 4.98 Å². The third-order valence-electron chi connectivity index (χ3n) is 2.22. The molecule has 0 aliphatic carbocycles. The van der Waals surface area contributed by atoms with Gasteiger partial charge in [-0.3, -0.25) is 0 Å². The van der Waals surface area contributed by atoms with Crippen LogP contribution in [0.3, 0.4) is 0 Å². The molecule has 0 unspecified atom stereocenters. The van der Waals surface area contributed by atoms with Gasteiger partial charge in [0.2, 0.25) is 0 Å². The SMILES string of the molecule is C=C/C=c1/[nH]cc/c1=C(/C=C)C(C)C. The van der Waals surface area contributed by atoms with Crippen LogP contribution in [0.5, 0.6) is 0 Å². The van der Waals surface area contributed by atoms with Gasteiger partial charge < -0.3 is 4.98 Å². The number of rotatable bonds is 3. The molecule has 0 aliphatic rings. The van der Waals surface area contributed by atoms with Crippen LogP contribution < -0.4 is 10.6 Å². The minimum absolute atomic E-state index is 0.486. The van der Waals surface area contributed by atoms with E-state index in [0.29, 0.717) is 5.92 Å². The first-order valence-electron chi connectivity index (χ1n) is 4.83. The van der Waals surface area contributed by atoms with Gasteiger partial charge in [0, 0.05) is 16.8 Å². The normalized spacial score (nSPS) is 14.4. The van der Waals surface area contributed by atoms with Crippen molar-refractivity contribution in [3.63, 3.8) is 0 Å². The van der Waals surface area contributed by atoms with Crippen LogP contribution in [0.4, 0.5) is 0 Å². The molecule has 1 aromatic rings. The Morgan fingerprint density at radius 3 is 2.64 bits per heavy atom. The third-order valence-corrected chi connectivity index (χ3v) is 2.22. The minimum atomic E-state index is 0.486. The number of aromatic nitrogens is 1. The van der Waals surface area contributed by atoms with Crippen LogP contribution in [0.15, 0.2) is 37.6 Å². The molecule has 74 valence electrons. The van der Waals surface area contributed by atoms with E-state index in [1.807, 2.05) is 18.3 Å². The van der Waals surface area contributed by atoms with E-state index in [-0.39, 0.29) is 0 Å². The minimum Gasteiger partial charge on any atom is -0.361 e. The van der Waals surface area contributed by atoms with Gasteiger partial charge in [-0.1, -0.05) is 39.2 Å². The molecule has 14 heavy (non-hydrogen) atoms. The van der Waals surface area contributed by atoms with Crippen molar-refractivity contribution in [2.24, 2.45) is 5.92 Å². The fraction of sp³-hybridized carbons (Fsp3) is 0.231. The Morgan fingerprint density at radius 2 is 2.14 bits per heavy atom. The number of hydrogen-bond acceptors (Lipinski definition) is 0. The molecule has 0 radical (unpaired) electrons. The Kier molecular flexibility index (Phi) is 3.52. The quantitative estimate of drug-likeness (QED) is 0.744. The van der Waals surface area contributed by atoms with Crippen molar-refractivity contribution in [2.75, 3.05) is 0 Å². The van der Waals surface area contributed by atoms with Crippen LogP contribution >= 0.6 is 0 Å². The molecule has 0 amide bonds. The highest BCUT2D eigenvalue weighted by molar-refractivity contribution is 5.58. The van der Waals surface area contributed by atoms with E-state index in [0.717, 1.165) is 5.35 Å². The van der Waals surface area contributed by atoms with E-state index >= 15 is 0 Å². The summed E-state index contributed by atoms with van der Waals surface area (Å²) in [5.74, 6) is 0.486. The Labute approximate surface area is 85.2 Å². The standard InChI is InChI=1S/C13H17N/c1-5-7-13-12(8-9-14-13)11(6-2)10(3)4/h5-10,14H,1-2H2,3-4H3/b12-11+,13-7+. The number of nitrogens with one attached hydrogen (secondary N) is 1. The van der Waals surface area contributed by atoms with E-state index < -0.39 is 0 Å². The summed E-state index contributed by atoms with van der Waals surface area (Å²) in [7, 11) is 0. The highest BCUT2D eigenvalue weighted by Crippen LogP contribution is 2.08. The smallest absolute Gasteiger partial charge is 0.0456 e. The highest BCUT2D eigenvalue weighted by atomic mass is 14.6. The average molecular weight is 187 g/mol. The lowest BCUT2D eigenvalue weighted by Crippen LogP contribution is -2.25. The van der Waals surface area contributed by atoms with E-state index in [1.165, 1.54) is 10.8 Å². The predicted molar refractivity (Wildman–Crippen MR) is 63.1 cm³/mol. The van der Waals surface area contributed by atoms with Gasteiger partial charge in [0.25, 0.3) is 0 Å². The molecule has 1 heterocycles. The number of H-pyrrole nitrogens is 1. The molecule has 0 atom stereocenters. The summed E-state index contributed by atoms with van der Waals surface area (Å²) in [6.07, 6.45) is 7.63. The molecule has 0 saturated carbocycles. The van der Waals surface area contributed by atoms with Gasteiger partial charge in [-0.25, -0.2) is 0 Å². The van der Waals surface area contributed by atoms with Gasteiger partial charge in [0.15, 0.2) is 0 Å². The molecule has 1 heteroatoms. The van der Waals surface area contributed by atoms with Crippen molar-refractivity contribution < 1.29 is 0 Å². The zero-order valence-corrected chi connectivity index (χ0v) is 8.88. The van der Waals surface area contributed by atoms with Crippen molar-refractivity contribution in [1.29, 1.82) is 0 Å². The molecule has 0 fully saturated rings. The molecule has 1 N–H and O–H groups in total. The van der Waals surface area contributed by atoms with Crippen molar-refractivity contribution in [3.05, 3.63) is 48.1 Å². The summed E-state index contributed by atoms with van der Waals surface area (Å²) in [6.45, 7) is 11.9. The van der Waals surface area contributed by atoms with Gasteiger partial charge in [-0.05, 0) is 23.6 Å². The summed E-state index contributed by atoms with van der Waals surface area (Å²) in [4.78, 5) is 3.18. The van der Waals surface area contributed by atoms with Crippen LogP contribution in [-0.4, -0.2) is 4.98 Å². The summed E-state index contributed by atoms with van der Waals surface area (Å²) in [5.41, 5.74) is 1.26. The molecule has 1 nitrogen and oxygen atoms in total. The van der Waals surface area contributed by atoms with Crippen LogP contribution in [0, 0.1) is 5.92 Å². The molecular weight excluding hydrogens is 170 g/mol. The fourth-order valence-electron chi connectivity index (χ4n) is 1.55. The zero-order chi connectivity index (χ0) is 10.6. The maximum atomic E-state index is 3.85. The Hall–Kier alpha value is -1.50. The lowest BCUT2D eigenvalue weighted by molar-refractivity contribution is 0.855. The molecule has 0 aliphatic heterocycles. The first-order valence-corrected chi connectivity index (χ1v) is 4.83. The third kappa shape index (κ3) is 2.05. The molecule has 1 rings (SSSR count). The Balaban J connectivity index is 3.56. The van der Waals surface area contributed by atoms with Crippen LogP contribution in [0.1, 0.15) is 13.8 Å². The Bertz CT molecular complexity index is 432. The summed E-state index contributed by atoms with van der Waals surface area (Å²) >= 11 is 0. The largest absolute Gasteiger partial charge is 0.361 e. The van der Waals surface area contributed by atoms with Gasteiger partial charge in [-0.15, -0.1) is 0 Å². The van der Waals surface area contributed by atoms with Crippen molar-refractivity contribution >= 4 is 11.6 Å². The fourth-order valence-corrected chi connectivity index (χ4v) is 1.55. The number of aromatic amines is 1. The van der Waals surface area contributed by atoms with Gasteiger partial charge >= 0.3 is 0 Å². The first kappa shape index (κ1) is 10.6. The lowest BCUT2D eigenvalue weighted by atomic mass is 10.0. The summed E-state index contributed by atoms with van der Waals surface area (Å²) in [6, 6.07) is 2.08. The summed E-state index contributed by atoms with van der Waals surface area (Å²) < 4.78 is 0. The highest BCUT2D eigenvalue weighted by Gasteiger charge is 2.00. The molecule has 0 aromatic carbocycles. The molecule has 0 saturated heterocycles. The second-order valence-electron chi connectivity index (χ2n) is 3.52. The van der Waals surface area contributed by atoms with Gasteiger partial charge in [0.05, 0.1) is 0 Å². The Morgan fingerprint density at radius 1 is 1.43 bits per heavy atom. The van der Waals surface area contributed by atoms with Crippen LogP contribution in [0.2, 0.25) is 0 Å². The van der Waals surface area contributed by atoms with E-state index in [4.69, 9.17) is 0 Å². The van der Waals surface area contributed by atoms with E-state index in [1.54, 1.807) is 6.08 Å². The molecule has 1 aromatic heterocycles. The number of hydrogen-bond donors (Lipinski definition) is 1. The number of allylic oxidation sites excluding steroid dienone is 2. The van der Waals surface area contributed by atoms with Crippen LogP contribution in [0.25, 0.3) is 11.6 Å². The van der Waals surface area contributed by atoms with Gasteiger partial charge in [0.1, 0.15) is 0 Å². The van der Waals surface area contributed by atoms with E-state index in [2.05, 4.69) is 38.1 Å². The van der Waals surface area contributed by atoms with E-state index in [9.17, 15) is 0 Å². The first-order chi connectivity index (χ1) is 6.70. The zero-order valence-electron chi connectivity index (χ0n) is 8.88.